The Morgan fingerprint density at radius 2 is 2.04 bits per heavy atom. The average Bonchev–Trinajstić information content (AvgIpc) is 3.07. The lowest BCUT2D eigenvalue weighted by atomic mass is 10.1. The Hall–Kier alpha value is -2.41. The Kier molecular flexibility index (Phi) is 4.04. The Morgan fingerprint density at radius 3 is 2.70 bits per heavy atom. The number of furan rings is 1. The molecule has 0 saturated carbocycles. The zero-order valence-corrected chi connectivity index (χ0v) is 13.2. The van der Waals surface area contributed by atoms with Gasteiger partial charge in [0.1, 0.15) is 23.2 Å². The van der Waals surface area contributed by atoms with Crippen LogP contribution in [0.1, 0.15) is 5.76 Å². The molecule has 0 N–H and O–H groups in total. The molecule has 0 unspecified atom stereocenters. The third-order valence-electron chi connectivity index (χ3n) is 3.29. The monoisotopic (exact) mass is 334 g/mol. The molecule has 0 spiro atoms. The van der Waals surface area contributed by atoms with E-state index in [2.05, 4.69) is 4.99 Å². The molecule has 0 bridgehead atoms. The van der Waals surface area contributed by atoms with E-state index >= 15 is 0 Å². The number of carbonyl (C=O) groups is 1. The van der Waals surface area contributed by atoms with Crippen molar-refractivity contribution in [3.05, 3.63) is 52.6 Å². The zero-order valence-electron chi connectivity index (χ0n) is 12.3. The van der Waals surface area contributed by atoms with E-state index in [0.717, 1.165) is 12.1 Å². The molecule has 1 saturated heterocycles. The largest absolute Gasteiger partial charge is 0.457 e. The van der Waals surface area contributed by atoms with Crippen LogP contribution in [0.4, 0.5) is 8.78 Å². The number of amidine groups is 1. The molecule has 0 aliphatic carbocycles. The second-order valence-electron chi connectivity index (χ2n) is 4.81. The smallest absolute Gasteiger partial charge is 0.266 e. The van der Waals surface area contributed by atoms with Crippen LogP contribution in [0.5, 0.6) is 0 Å². The summed E-state index contributed by atoms with van der Waals surface area (Å²) < 4.78 is 32.3. The lowest BCUT2D eigenvalue weighted by Gasteiger charge is -2.04. The van der Waals surface area contributed by atoms with Gasteiger partial charge in [-0.05, 0) is 36.0 Å². The Bertz CT molecular complexity index is 842. The second-order valence-corrected chi connectivity index (χ2v) is 5.82. The first-order valence-electron chi connectivity index (χ1n) is 6.69. The number of hydrogen-bond donors (Lipinski definition) is 0. The van der Waals surface area contributed by atoms with Gasteiger partial charge >= 0.3 is 0 Å². The van der Waals surface area contributed by atoms with E-state index < -0.39 is 11.6 Å². The van der Waals surface area contributed by atoms with Gasteiger partial charge in [0.25, 0.3) is 5.91 Å². The van der Waals surface area contributed by atoms with Crippen LogP contribution in [0, 0.1) is 11.6 Å². The first-order chi connectivity index (χ1) is 11.0. The standard InChI is InChI=1S/C16H12F2N2O2S/c1-19-16-20(2)15(21)14(23-16)8-10-4-6-13(22-10)11-5-3-9(17)7-12(11)18/h3-8H,1-2H3. The molecular formula is C16H12F2N2O2S. The number of halogens is 2. The molecule has 0 radical (unpaired) electrons. The highest BCUT2D eigenvalue weighted by Crippen LogP contribution is 2.33. The molecular weight excluding hydrogens is 322 g/mol. The number of carbonyl (C=O) groups excluding carboxylic acids is 1. The number of rotatable bonds is 2. The highest BCUT2D eigenvalue weighted by molar-refractivity contribution is 8.18. The van der Waals surface area contributed by atoms with Gasteiger partial charge < -0.3 is 4.42 Å². The summed E-state index contributed by atoms with van der Waals surface area (Å²) in [6.07, 6.45) is 1.58. The molecule has 7 heteroatoms. The number of hydrogen-bond acceptors (Lipinski definition) is 4. The molecule has 1 aliphatic heterocycles. The molecule has 4 nitrogen and oxygen atoms in total. The highest BCUT2D eigenvalue weighted by Gasteiger charge is 2.30. The van der Waals surface area contributed by atoms with Gasteiger partial charge in [-0.15, -0.1) is 0 Å². The summed E-state index contributed by atoms with van der Waals surface area (Å²) in [4.78, 5) is 18.0. The summed E-state index contributed by atoms with van der Waals surface area (Å²) in [5.41, 5.74) is 0.161. The van der Waals surface area contributed by atoms with E-state index in [-0.39, 0.29) is 17.2 Å². The summed E-state index contributed by atoms with van der Waals surface area (Å²) in [7, 11) is 3.25. The van der Waals surface area contributed by atoms with Crippen LogP contribution in [-0.4, -0.2) is 30.1 Å². The number of amides is 1. The number of nitrogens with zero attached hydrogens (tertiary/aromatic N) is 2. The van der Waals surface area contributed by atoms with Crippen molar-refractivity contribution in [3.8, 4) is 11.3 Å². The maximum absolute atomic E-state index is 13.8. The maximum atomic E-state index is 13.8. The van der Waals surface area contributed by atoms with Crippen molar-refractivity contribution in [2.24, 2.45) is 4.99 Å². The van der Waals surface area contributed by atoms with E-state index in [4.69, 9.17) is 4.42 Å². The SMILES string of the molecule is CN=C1SC(=Cc2ccc(-c3ccc(F)cc3F)o2)C(=O)N1C. The Balaban J connectivity index is 1.91. The minimum Gasteiger partial charge on any atom is -0.457 e. The van der Waals surface area contributed by atoms with Crippen LogP contribution >= 0.6 is 11.8 Å². The molecule has 0 atom stereocenters. The van der Waals surface area contributed by atoms with Crippen LogP contribution in [0.15, 0.2) is 44.6 Å². The van der Waals surface area contributed by atoms with Crippen molar-refractivity contribution in [1.29, 1.82) is 0 Å². The minimum absolute atomic E-state index is 0.161. The van der Waals surface area contributed by atoms with Crippen LogP contribution in [0.25, 0.3) is 17.4 Å². The van der Waals surface area contributed by atoms with Crippen molar-refractivity contribution >= 4 is 28.9 Å². The number of likely N-dealkylation sites (N-methyl/N-ethyl adjacent to an activating group) is 1. The first-order valence-corrected chi connectivity index (χ1v) is 7.51. The number of thioether (sulfide) groups is 1. The van der Waals surface area contributed by atoms with Gasteiger partial charge in [-0.25, -0.2) is 8.78 Å². The van der Waals surface area contributed by atoms with E-state index in [9.17, 15) is 13.6 Å². The van der Waals surface area contributed by atoms with Crippen LogP contribution in [0.2, 0.25) is 0 Å². The molecule has 2 aromatic rings. The van der Waals surface area contributed by atoms with Crippen molar-refractivity contribution in [1.82, 2.24) is 4.90 Å². The zero-order chi connectivity index (χ0) is 16.6. The Morgan fingerprint density at radius 1 is 1.26 bits per heavy atom. The third-order valence-corrected chi connectivity index (χ3v) is 4.44. The van der Waals surface area contributed by atoms with Gasteiger partial charge in [0.15, 0.2) is 5.17 Å². The molecule has 3 rings (SSSR count). The van der Waals surface area contributed by atoms with Crippen LogP contribution < -0.4 is 0 Å². The average molecular weight is 334 g/mol. The van der Waals surface area contributed by atoms with E-state index in [1.807, 2.05) is 0 Å². The molecule has 1 fully saturated rings. The lowest BCUT2D eigenvalue weighted by Crippen LogP contribution is -2.23. The maximum Gasteiger partial charge on any atom is 0.266 e. The van der Waals surface area contributed by atoms with Crippen LogP contribution in [-0.2, 0) is 4.79 Å². The van der Waals surface area contributed by atoms with Gasteiger partial charge in [-0.3, -0.25) is 14.7 Å². The van der Waals surface area contributed by atoms with Crippen molar-refractivity contribution in [2.75, 3.05) is 14.1 Å². The third kappa shape index (κ3) is 2.92. The number of aliphatic imine (C=N–C) groups is 1. The molecule has 1 aromatic heterocycles. The summed E-state index contributed by atoms with van der Waals surface area (Å²) in [6, 6.07) is 6.47. The fourth-order valence-electron chi connectivity index (χ4n) is 2.14. The topological polar surface area (TPSA) is 45.8 Å². The molecule has 1 aromatic carbocycles. The summed E-state index contributed by atoms with van der Waals surface area (Å²) in [6.45, 7) is 0. The van der Waals surface area contributed by atoms with Gasteiger partial charge in [-0.2, -0.15) is 0 Å². The highest BCUT2D eigenvalue weighted by atomic mass is 32.2. The van der Waals surface area contributed by atoms with Crippen LogP contribution in [0.3, 0.4) is 0 Å². The lowest BCUT2D eigenvalue weighted by molar-refractivity contribution is -0.121. The summed E-state index contributed by atoms with van der Waals surface area (Å²) in [5, 5.41) is 0.595. The van der Waals surface area contributed by atoms with Gasteiger partial charge in [0.05, 0.1) is 10.5 Å². The fraction of sp³-hybridized carbons (Fsp3) is 0.125. The minimum atomic E-state index is -0.704. The van der Waals surface area contributed by atoms with E-state index in [0.29, 0.717) is 15.8 Å². The van der Waals surface area contributed by atoms with Crippen molar-refractivity contribution in [2.45, 2.75) is 0 Å². The second kappa shape index (κ2) is 6.00. The summed E-state index contributed by atoms with van der Waals surface area (Å²) >= 11 is 1.24. The van der Waals surface area contributed by atoms with Crippen molar-refractivity contribution in [3.63, 3.8) is 0 Å². The fourth-order valence-corrected chi connectivity index (χ4v) is 3.05. The van der Waals surface area contributed by atoms with E-state index in [1.165, 1.54) is 22.7 Å². The summed E-state index contributed by atoms with van der Waals surface area (Å²) in [5.74, 6) is -0.859. The number of benzene rings is 1. The van der Waals surface area contributed by atoms with Gasteiger partial charge in [0, 0.05) is 26.2 Å². The van der Waals surface area contributed by atoms with Crippen molar-refractivity contribution < 1.29 is 18.0 Å². The molecule has 2 heterocycles. The first kappa shape index (κ1) is 15.5. The van der Waals surface area contributed by atoms with Gasteiger partial charge in [-0.1, -0.05) is 0 Å². The normalized spacial score (nSPS) is 18.4. The Labute approximate surface area is 135 Å². The molecule has 118 valence electrons. The van der Waals surface area contributed by atoms with Gasteiger partial charge in [0.2, 0.25) is 0 Å². The molecule has 1 amide bonds. The predicted octanol–water partition coefficient (Wildman–Crippen LogP) is 3.76. The quantitative estimate of drug-likeness (QED) is 0.786. The predicted molar refractivity (Wildman–Crippen MR) is 85.8 cm³/mol. The molecule has 23 heavy (non-hydrogen) atoms. The molecule has 1 aliphatic rings. The van der Waals surface area contributed by atoms with E-state index in [1.54, 1.807) is 32.3 Å².